The Hall–Kier alpha value is -3.74. The Morgan fingerprint density at radius 2 is 1.61 bits per heavy atom. The second kappa shape index (κ2) is 11.2. The second-order valence-corrected chi connectivity index (χ2v) is 7.06. The first-order valence-electron chi connectivity index (χ1n) is 9.80. The van der Waals surface area contributed by atoms with Gasteiger partial charge in [-0.15, -0.1) is 0 Å². The number of nitro groups is 1. The van der Waals surface area contributed by atoms with Gasteiger partial charge >= 0.3 is 23.6 Å². The number of nitrogens with one attached hydrogen (secondary N) is 1. The monoisotopic (exact) mass is 468 g/mol. The van der Waals surface area contributed by atoms with E-state index in [1.54, 1.807) is 0 Å². The van der Waals surface area contributed by atoms with Crippen molar-refractivity contribution in [2.24, 2.45) is 0 Å². The summed E-state index contributed by atoms with van der Waals surface area (Å²) in [5.74, 6) is -2.96. The van der Waals surface area contributed by atoms with Gasteiger partial charge in [0.05, 0.1) is 4.92 Å². The molecule has 1 N–H and O–H groups in total. The number of para-hydroxylation sites is 2. The van der Waals surface area contributed by atoms with Gasteiger partial charge in [-0.2, -0.15) is 0 Å². The first kappa shape index (κ1) is 25.5. The molecule has 13 nitrogen and oxygen atoms in total. The molecule has 1 aliphatic rings. The maximum Gasteiger partial charge on any atom is 0.311 e. The predicted octanol–water partition coefficient (Wildman–Crippen LogP) is 0.630. The average molecular weight is 468 g/mol. The smallest absolute Gasteiger partial charge is 0.311 e. The zero-order chi connectivity index (χ0) is 24.7. The Balaban J connectivity index is 2.51. The fourth-order valence-corrected chi connectivity index (χ4v) is 3.22. The standard InChI is InChI=1S/C20H24N2O11/c1-10(23)21-17-19(31-13(4)26)18(30-12(3)25)16(9-29-11(2)24)33-20(17)32-15-8-6-5-7-14(15)22(27)28/h5-8,16-20H,9H2,1-4H3,(H,21,23)/t16-,17+,18+,19-,20-/m1/s1. The summed E-state index contributed by atoms with van der Waals surface area (Å²) in [6, 6.07) is 4.18. The number of carbonyl (C=O) groups is 4. The Bertz CT molecular complexity index is 919. The molecule has 1 aromatic rings. The number of benzene rings is 1. The van der Waals surface area contributed by atoms with Crippen molar-refractivity contribution in [1.82, 2.24) is 5.32 Å². The van der Waals surface area contributed by atoms with E-state index in [9.17, 15) is 29.3 Å². The van der Waals surface area contributed by atoms with E-state index in [1.807, 2.05) is 0 Å². The quantitative estimate of drug-likeness (QED) is 0.246. The van der Waals surface area contributed by atoms with Gasteiger partial charge in [-0.05, 0) is 6.07 Å². The molecule has 180 valence electrons. The molecule has 0 radical (unpaired) electrons. The largest absolute Gasteiger partial charge is 0.463 e. The number of amides is 1. The van der Waals surface area contributed by atoms with Gasteiger partial charge in [0.15, 0.2) is 18.0 Å². The summed E-state index contributed by atoms with van der Waals surface area (Å²) < 4.78 is 27.1. The number of rotatable bonds is 8. The molecule has 1 aliphatic heterocycles. The summed E-state index contributed by atoms with van der Waals surface area (Å²) in [6.45, 7) is 4.11. The van der Waals surface area contributed by atoms with E-state index in [2.05, 4.69) is 5.32 Å². The van der Waals surface area contributed by atoms with Gasteiger partial charge in [0.2, 0.25) is 12.2 Å². The highest BCUT2D eigenvalue weighted by molar-refractivity contribution is 5.73. The molecule has 0 aromatic heterocycles. The summed E-state index contributed by atoms with van der Waals surface area (Å²) in [7, 11) is 0. The van der Waals surface area contributed by atoms with E-state index in [-0.39, 0.29) is 11.4 Å². The van der Waals surface area contributed by atoms with Gasteiger partial charge in [-0.25, -0.2) is 0 Å². The van der Waals surface area contributed by atoms with Crippen molar-refractivity contribution < 1.29 is 47.8 Å². The highest BCUT2D eigenvalue weighted by Crippen LogP contribution is 2.32. The summed E-state index contributed by atoms with van der Waals surface area (Å²) >= 11 is 0. The van der Waals surface area contributed by atoms with E-state index in [4.69, 9.17) is 23.7 Å². The number of esters is 3. The number of carbonyl (C=O) groups excluding carboxylic acids is 4. The maximum absolute atomic E-state index is 11.9. The average Bonchev–Trinajstić information content (AvgIpc) is 2.70. The van der Waals surface area contributed by atoms with Crippen LogP contribution in [0.2, 0.25) is 0 Å². The highest BCUT2D eigenvalue weighted by atomic mass is 16.7. The van der Waals surface area contributed by atoms with Crippen molar-refractivity contribution in [1.29, 1.82) is 0 Å². The molecule has 0 spiro atoms. The molecule has 0 unspecified atom stereocenters. The fraction of sp³-hybridized carbons (Fsp3) is 0.500. The van der Waals surface area contributed by atoms with Crippen LogP contribution in [0, 0.1) is 10.1 Å². The van der Waals surface area contributed by atoms with Crippen LogP contribution < -0.4 is 10.1 Å². The molecule has 1 aromatic carbocycles. The summed E-state index contributed by atoms with van der Waals surface area (Å²) in [4.78, 5) is 57.5. The molecule has 5 atom stereocenters. The summed E-state index contributed by atoms with van der Waals surface area (Å²) in [6.07, 6.45) is -5.28. The third-order valence-corrected chi connectivity index (χ3v) is 4.38. The Labute approximate surface area is 188 Å². The lowest BCUT2D eigenvalue weighted by molar-refractivity contribution is -0.386. The van der Waals surface area contributed by atoms with Gasteiger partial charge in [-0.1, -0.05) is 12.1 Å². The second-order valence-electron chi connectivity index (χ2n) is 7.06. The Morgan fingerprint density at radius 3 is 2.15 bits per heavy atom. The van der Waals surface area contributed by atoms with Gasteiger partial charge in [0.25, 0.3) is 0 Å². The van der Waals surface area contributed by atoms with Crippen molar-refractivity contribution in [3.8, 4) is 5.75 Å². The predicted molar refractivity (Wildman–Crippen MR) is 108 cm³/mol. The van der Waals surface area contributed by atoms with E-state index < -0.39 is 66.0 Å². The van der Waals surface area contributed by atoms with E-state index in [0.717, 1.165) is 20.8 Å². The van der Waals surface area contributed by atoms with Crippen LogP contribution in [0.15, 0.2) is 24.3 Å². The van der Waals surface area contributed by atoms with Crippen LogP contribution in [0.5, 0.6) is 5.75 Å². The minimum absolute atomic E-state index is 0.193. The molecule has 1 fully saturated rings. The normalized spacial score (nSPS) is 24.2. The third kappa shape index (κ3) is 7.14. The minimum atomic E-state index is -1.45. The van der Waals surface area contributed by atoms with Crippen LogP contribution in [0.3, 0.4) is 0 Å². The Morgan fingerprint density at radius 1 is 1.00 bits per heavy atom. The highest BCUT2D eigenvalue weighted by Gasteiger charge is 2.52. The van der Waals surface area contributed by atoms with E-state index in [0.29, 0.717) is 0 Å². The lowest BCUT2D eigenvalue weighted by Gasteiger charge is -2.44. The first-order chi connectivity index (χ1) is 15.5. The van der Waals surface area contributed by atoms with Crippen molar-refractivity contribution >= 4 is 29.5 Å². The van der Waals surface area contributed by atoms with E-state index in [1.165, 1.54) is 31.2 Å². The zero-order valence-corrected chi connectivity index (χ0v) is 18.3. The molecule has 1 saturated heterocycles. The lowest BCUT2D eigenvalue weighted by Crippen LogP contribution is -2.67. The molecular formula is C20H24N2O11. The Kier molecular flexibility index (Phi) is 8.68. The van der Waals surface area contributed by atoms with Crippen LogP contribution in [-0.2, 0) is 38.1 Å². The zero-order valence-electron chi connectivity index (χ0n) is 18.3. The molecule has 2 rings (SSSR count). The number of hydrogen-bond donors (Lipinski definition) is 1. The molecule has 1 amide bonds. The van der Waals surface area contributed by atoms with Gasteiger partial charge in [0.1, 0.15) is 18.8 Å². The fourth-order valence-electron chi connectivity index (χ4n) is 3.22. The van der Waals surface area contributed by atoms with Gasteiger partial charge < -0.3 is 29.0 Å². The first-order valence-corrected chi connectivity index (χ1v) is 9.80. The van der Waals surface area contributed by atoms with Crippen LogP contribution in [0.25, 0.3) is 0 Å². The number of nitrogens with zero attached hydrogens (tertiary/aromatic N) is 1. The summed E-state index contributed by atoms with van der Waals surface area (Å²) in [5, 5.41) is 13.9. The van der Waals surface area contributed by atoms with Gasteiger partial charge in [0, 0.05) is 33.8 Å². The van der Waals surface area contributed by atoms with Crippen molar-refractivity contribution in [3.05, 3.63) is 34.4 Å². The molecular weight excluding hydrogens is 444 g/mol. The molecule has 0 aliphatic carbocycles. The SMILES string of the molecule is CC(=O)N[C@@H]1[C@H](Oc2ccccc2[N+](=O)[O-])O[C@H](COC(C)=O)[C@H](OC(C)=O)[C@@H]1OC(C)=O. The number of nitro benzene ring substituents is 1. The summed E-state index contributed by atoms with van der Waals surface area (Å²) in [5.41, 5.74) is -0.384. The van der Waals surface area contributed by atoms with Gasteiger partial charge in [-0.3, -0.25) is 29.3 Å². The molecule has 1 heterocycles. The molecule has 0 bridgehead atoms. The number of ether oxygens (including phenoxy) is 5. The molecule has 0 saturated carbocycles. The lowest BCUT2D eigenvalue weighted by atomic mass is 9.96. The van der Waals surface area contributed by atoms with E-state index >= 15 is 0 Å². The number of hydrogen-bond acceptors (Lipinski definition) is 11. The van der Waals surface area contributed by atoms with Crippen LogP contribution in [0.4, 0.5) is 5.69 Å². The van der Waals surface area contributed by atoms with Crippen molar-refractivity contribution in [3.63, 3.8) is 0 Å². The maximum atomic E-state index is 11.9. The van der Waals surface area contributed by atoms with Crippen molar-refractivity contribution in [2.45, 2.75) is 58.3 Å². The molecule has 13 heteroatoms. The minimum Gasteiger partial charge on any atom is -0.463 e. The van der Waals surface area contributed by atoms with Crippen LogP contribution in [0.1, 0.15) is 27.7 Å². The van der Waals surface area contributed by atoms with Crippen LogP contribution in [-0.4, -0.2) is 66.0 Å². The topological polar surface area (TPSA) is 170 Å². The molecule has 33 heavy (non-hydrogen) atoms. The van der Waals surface area contributed by atoms with Crippen LogP contribution >= 0.6 is 0 Å². The van der Waals surface area contributed by atoms with Crippen molar-refractivity contribution in [2.75, 3.05) is 6.61 Å². The third-order valence-electron chi connectivity index (χ3n) is 4.38.